The van der Waals surface area contributed by atoms with Crippen molar-refractivity contribution in [3.8, 4) is 11.5 Å². The van der Waals surface area contributed by atoms with Gasteiger partial charge in [-0.1, -0.05) is 35.9 Å². The Balaban J connectivity index is 1.49. The molecular formula is C30H26BNO8. The van der Waals surface area contributed by atoms with Crippen LogP contribution in [0.3, 0.4) is 0 Å². The van der Waals surface area contributed by atoms with Crippen LogP contribution in [0.1, 0.15) is 31.2 Å². The minimum Gasteiger partial charge on any atom is -0.504 e. The molecule has 1 saturated heterocycles. The lowest BCUT2D eigenvalue weighted by molar-refractivity contribution is -0.123. The summed E-state index contributed by atoms with van der Waals surface area (Å²) < 4.78 is 5.32. The van der Waals surface area contributed by atoms with Gasteiger partial charge in [-0.25, -0.2) is 0 Å². The molecule has 3 N–H and O–H groups in total. The van der Waals surface area contributed by atoms with E-state index in [1.165, 1.54) is 31.4 Å². The SMILES string of the molecule is COc1cccc([C@H]2C3=CC[C@@H]4C(=O)N(c5cccc(B(O)O)c5)C(=O)[C@@H]4[C@@H]3CC3=C2C(=O)C(C)=CC3=O)c1O. The standard InChI is InChI=1S/C30H26BNO8/c1-14-11-22(33)21-13-20-17(24(26(21)27(14)34)18-7-4-8-23(40-2)28(18)35)9-10-19-25(20)30(37)32(29(19)36)16-6-3-5-15(12-16)31(38)39/h3-9,11-12,19-20,24-25,35,38-39H,10,13H2,1-2H3/t19-,20+,24+,25-/m0/s1. The lowest BCUT2D eigenvalue weighted by Crippen LogP contribution is -2.40. The van der Waals surface area contributed by atoms with E-state index in [2.05, 4.69) is 0 Å². The van der Waals surface area contributed by atoms with Crippen LogP contribution >= 0.6 is 0 Å². The Bertz CT molecular complexity index is 1600. The van der Waals surface area contributed by atoms with Crippen LogP contribution in [-0.4, -0.2) is 52.8 Å². The van der Waals surface area contributed by atoms with Gasteiger partial charge in [0, 0.05) is 28.2 Å². The fourth-order valence-electron chi connectivity index (χ4n) is 6.73. The van der Waals surface area contributed by atoms with E-state index in [9.17, 15) is 34.3 Å². The molecule has 2 amide bonds. The van der Waals surface area contributed by atoms with E-state index in [0.717, 1.165) is 4.90 Å². The number of carbonyl (C=O) groups is 4. The van der Waals surface area contributed by atoms with Crippen LogP contribution in [-0.2, 0) is 19.2 Å². The Morgan fingerprint density at radius 3 is 2.48 bits per heavy atom. The Labute approximate surface area is 230 Å². The van der Waals surface area contributed by atoms with E-state index in [1.54, 1.807) is 31.2 Å². The zero-order chi connectivity index (χ0) is 28.5. The van der Waals surface area contributed by atoms with Crippen LogP contribution in [0.15, 0.2) is 76.9 Å². The second kappa shape index (κ2) is 9.43. The molecule has 2 aromatic rings. The summed E-state index contributed by atoms with van der Waals surface area (Å²) in [6.07, 6.45) is 3.52. The number of amides is 2. The van der Waals surface area contributed by atoms with Crippen molar-refractivity contribution in [2.75, 3.05) is 12.0 Å². The Morgan fingerprint density at radius 1 is 1.00 bits per heavy atom. The van der Waals surface area contributed by atoms with Gasteiger partial charge in [0.05, 0.1) is 24.6 Å². The van der Waals surface area contributed by atoms with E-state index >= 15 is 0 Å². The highest BCUT2D eigenvalue weighted by Crippen LogP contribution is 2.57. The van der Waals surface area contributed by atoms with Gasteiger partial charge >= 0.3 is 7.12 Å². The van der Waals surface area contributed by atoms with Crippen LogP contribution in [0, 0.1) is 17.8 Å². The van der Waals surface area contributed by atoms with Gasteiger partial charge in [0.2, 0.25) is 11.8 Å². The Morgan fingerprint density at radius 2 is 1.75 bits per heavy atom. The number of carbonyl (C=O) groups excluding carboxylic acids is 4. The Hall–Kier alpha value is -4.28. The molecular weight excluding hydrogens is 513 g/mol. The monoisotopic (exact) mass is 539 g/mol. The molecule has 40 heavy (non-hydrogen) atoms. The molecule has 10 heteroatoms. The van der Waals surface area contributed by atoms with Gasteiger partial charge in [-0.05, 0) is 55.4 Å². The van der Waals surface area contributed by atoms with Gasteiger partial charge in [-0.15, -0.1) is 0 Å². The molecule has 9 nitrogen and oxygen atoms in total. The molecule has 1 fully saturated rings. The molecule has 4 aliphatic rings. The van der Waals surface area contributed by atoms with Crippen molar-refractivity contribution < 1.29 is 39.1 Å². The summed E-state index contributed by atoms with van der Waals surface area (Å²) in [6, 6.07) is 10.9. The average molecular weight is 539 g/mol. The topological polar surface area (TPSA) is 141 Å². The number of methoxy groups -OCH3 is 1. The number of hydrogen-bond donors (Lipinski definition) is 3. The van der Waals surface area contributed by atoms with E-state index in [-0.39, 0.29) is 58.2 Å². The van der Waals surface area contributed by atoms with Crippen molar-refractivity contribution in [3.05, 3.63) is 82.5 Å². The fraction of sp³-hybridized carbons (Fsp3) is 0.267. The van der Waals surface area contributed by atoms with Gasteiger partial charge in [0.15, 0.2) is 23.1 Å². The maximum atomic E-state index is 14.0. The molecule has 1 aliphatic heterocycles. The number of hydrogen-bond acceptors (Lipinski definition) is 8. The van der Waals surface area contributed by atoms with Crippen molar-refractivity contribution in [2.24, 2.45) is 17.8 Å². The number of phenolic OH excluding ortho intramolecular Hbond substituents is 1. The van der Waals surface area contributed by atoms with Gasteiger partial charge < -0.3 is 19.9 Å². The van der Waals surface area contributed by atoms with Crippen molar-refractivity contribution >= 4 is 41.6 Å². The zero-order valence-electron chi connectivity index (χ0n) is 21.8. The molecule has 202 valence electrons. The normalized spacial score (nSPS) is 25.8. The summed E-state index contributed by atoms with van der Waals surface area (Å²) in [5.41, 5.74) is 2.34. The third-order valence-electron chi connectivity index (χ3n) is 8.55. The minimum absolute atomic E-state index is 0.111. The number of ketones is 2. The number of aromatic hydroxyl groups is 1. The lowest BCUT2D eigenvalue weighted by atomic mass is 9.59. The second-order valence-electron chi connectivity index (χ2n) is 10.6. The van der Waals surface area contributed by atoms with Crippen molar-refractivity contribution in [1.29, 1.82) is 0 Å². The maximum Gasteiger partial charge on any atom is 0.488 e. The summed E-state index contributed by atoms with van der Waals surface area (Å²) in [5.74, 6) is -4.26. The third-order valence-corrected chi connectivity index (χ3v) is 8.55. The number of nitrogens with zero attached hydrogens (tertiary/aromatic N) is 1. The highest BCUT2D eigenvalue weighted by molar-refractivity contribution is 6.58. The summed E-state index contributed by atoms with van der Waals surface area (Å²) in [6.45, 7) is 1.58. The number of ether oxygens (including phenoxy) is 1. The van der Waals surface area contributed by atoms with E-state index in [1.807, 2.05) is 6.08 Å². The Kier molecular flexibility index (Phi) is 6.12. The quantitative estimate of drug-likeness (QED) is 0.231. The second-order valence-corrected chi connectivity index (χ2v) is 10.6. The fourth-order valence-corrected chi connectivity index (χ4v) is 6.73. The predicted molar refractivity (Wildman–Crippen MR) is 145 cm³/mol. The van der Waals surface area contributed by atoms with E-state index in [0.29, 0.717) is 16.7 Å². The number of allylic oxidation sites excluding steroid dienone is 6. The molecule has 6 rings (SSSR count). The number of anilines is 1. The number of Topliss-reactive ketones (excluding diaryl/α,β-unsaturated/α-hetero) is 1. The minimum atomic E-state index is -1.77. The summed E-state index contributed by atoms with van der Waals surface area (Å²) in [4.78, 5) is 55.4. The van der Waals surface area contributed by atoms with E-state index in [4.69, 9.17) is 4.74 Å². The van der Waals surface area contributed by atoms with Crippen LogP contribution in [0.4, 0.5) is 5.69 Å². The molecule has 1 heterocycles. The molecule has 0 spiro atoms. The van der Waals surface area contributed by atoms with Crippen molar-refractivity contribution in [2.45, 2.75) is 25.7 Å². The zero-order valence-corrected chi connectivity index (χ0v) is 21.8. The number of fused-ring (bicyclic) bond motifs is 3. The molecule has 0 aromatic heterocycles. The largest absolute Gasteiger partial charge is 0.504 e. The van der Waals surface area contributed by atoms with Gasteiger partial charge in [0.25, 0.3) is 0 Å². The molecule has 0 unspecified atom stereocenters. The molecule has 0 saturated carbocycles. The first-order valence-corrected chi connectivity index (χ1v) is 13.0. The number of phenols is 1. The first-order chi connectivity index (χ1) is 19.1. The van der Waals surface area contributed by atoms with Crippen molar-refractivity contribution in [3.63, 3.8) is 0 Å². The smallest absolute Gasteiger partial charge is 0.488 e. The molecule has 2 aromatic carbocycles. The first kappa shape index (κ1) is 26.0. The number of imide groups is 1. The van der Waals surface area contributed by atoms with Gasteiger partial charge in [-0.3, -0.25) is 24.1 Å². The summed E-state index contributed by atoms with van der Waals surface area (Å²) >= 11 is 0. The maximum absolute atomic E-state index is 14.0. The highest BCUT2D eigenvalue weighted by atomic mass is 16.5. The highest BCUT2D eigenvalue weighted by Gasteiger charge is 2.57. The molecule has 0 bridgehead atoms. The number of rotatable bonds is 4. The van der Waals surface area contributed by atoms with Gasteiger partial charge in [0.1, 0.15) is 0 Å². The van der Waals surface area contributed by atoms with Gasteiger partial charge in [-0.2, -0.15) is 0 Å². The lowest BCUT2D eigenvalue weighted by Gasteiger charge is -2.42. The molecule has 3 aliphatic carbocycles. The molecule has 4 atom stereocenters. The number of benzene rings is 2. The van der Waals surface area contributed by atoms with Crippen LogP contribution in [0.5, 0.6) is 11.5 Å². The first-order valence-electron chi connectivity index (χ1n) is 13.0. The summed E-state index contributed by atoms with van der Waals surface area (Å²) in [7, 11) is -0.350. The average Bonchev–Trinajstić information content (AvgIpc) is 3.20. The van der Waals surface area contributed by atoms with Crippen molar-refractivity contribution in [1.82, 2.24) is 0 Å². The van der Waals surface area contributed by atoms with E-state index < -0.39 is 42.6 Å². The molecule has 0 radical (unpaired) electrons. The third kappa shape index (κ3) is 3.71. The van der Waals surface area contributed by atoms with Crippen LogP contribution in [0.2, 0.25) is 0 Å². The number of para-hydroxylation sites is 1. The predicted octanol–water partition coefficient (Wildman–Crippen LogP) is 1.71. The summed E-state index contributed by atoms with van der Waals surface area (Å²) in [5, 5.41) is 30.4. The van der Waals surface area contributed by atoms with Crippen LogP contribution in [0.25, 0.3) is 0 Å². The van der Waals surface area contributed by atoms with Crippen LogP contribution < -0.4 is 15.1 Å².